The number of carbonyl (C=O) groups is 1. The third-order valence-electron chi connectivity index (χ3n) is 5.49. The first-order valence-electron chi connectivity index (χ1n) is 9.90. The number of benzene rings is 2. The van der Waals surface area contributed by atoms with E-state index in [1.165, 1.54) is 43.3 Å². The minimum Gasteiger partial charge on any atom is -0.274 e. The Morgan fingerprint density at radius 1 is 1.10 bits per heavy atom. The van der Waals surface area contributed by atoms with Gasteiger partial charge in [0.1, 0.15) is 0 Å². The van der Waals surface area contributed by atoms with Crippen molar-refractivity contribution in [1.82, 2.24) is 4.98 Å². The van der Waals surface area contributed by atoms with Crippen molar-refractivity contribution in [3.63, 3.8) is 0 Å². The number of amides is 1. The summed E-state index contributed by atoms with van der Waals surface area (Å²) in [5.74, 6) is 0.631. The molecule has 0 N–H and O–H groups in total. The topological polar surface area (TPSA) is 67.3 Å². The summed E-state index contributed by atoms with van der Waals surface area (Å²) in [5.41, 5.74) is 1.50. The number of anilines is 2. The van der Waals surface area contributed by atoms with Gasteiger partial charge in [-0.05, 0) is 48.7 Å². The number of aromatic nitrogens is 1. The molecule has 1 heterocycles. The van der Waals surface area contributed by atoms with Gasteiger partial charge in [0.15, 0.2) is 15.0 Å². The van der Waals surface area contributed by atoms with Crippen LogP contribution in [0.15, 0.2) is 53.4 Å². The molecule has 7 heteroatoms. The summed E-state index contributed by atoms with van der Waals surface area (Å²) in [5, 5.41) is 0.620. The summed E-state index contributed by atoms with van der Waals surface area (Å²) in [6.07, 6.45) is 7.46. The van der Waals surface area contributed by atoms with Crippen LogP contribution in [0.1, 0.15) is 38.5 Å². The first-order valence-corrected chi connectivity index (χ1v) is 12.6. The summed E-state index contributed by atoms with van der Waals surface area (Å²) in [6, 6.07) is 14.3. The number of hydrogen-bond donors (Lipinski definition) is 0. The third-order valence-corrected chi connectivity index (χ3v) is 7.64. The SMILES string of the molecule is CS(=O)(=O)c1ccc(N(C(=O)CCC2CCCC2)c2nc3ccccc3s2)cc1. The smallest absolute Gasteiger partial charge is 0.233 e. The normalized spacial score (nSPS) is 15.1. The molecule has 0 spiro atoms. The molecule has 0 saturated heterocycles. The van der Waals surface area contributed by atoms with Gasteiger partial charge in [0.25, 0.3) is 0 Å². The van der Waals surface area contributed by atoms with Gasteiger partial charge in [0.05, 0.1) is 20.8 Å². The van der Waals surface area contributed by atoms with Crippen molar-refractivity contribution in [3.8, 4) is 0 Å². The predicted octanol–water partition coefficient (Wildman–Crippen LogP) is 5.33. The van der Waals surface area contributed by atoms with E-state index in [1.54, 1.807) is 29.2 Å². The van der Waals surface area contributed by atoms with Crippen molar-refractivity contribution in [3.05, 3.63) is 48.5 Å². The Kier molecular flexibility index (Phi) is 5.69. The fraction of sp³-hybridized carbons (Fsp3) is 0.364. The van der Waals surface area contributed by atoms with Crippen LogP contribution < -0.4 is 4.90 Å². The molecule has 0 radical (unpaired) electrons. The van der Waals surface area contributed by atoms with E-state index in [1.807, 2.05) is 24.3 Å². The number of fused-ring (bicyclic) bond motifs is 1. The maximum Gasteiger partial charge on any atom is 0.233 e. The molecule has 0 atom stereocenters. The summed E-state index contributed by atoms with van der Waals surface area (Å²) < 4.78 is 24.6. The van der Waals surface area contributed by atoms with Gasteiger partial charge in [-0.25, -0.2) is 13.4 Å². The highest BCUT2D eigenvalue weighted by Gasteiger charge is 2.24. The van der Waals surface area contributed by atoms with E-state index in [4.69, 9.17) is 0 Å². The van der Waals surface area contributed by atoms with Crippen LogP contribution >= 0.6 is 11.3 Å². The lowest BCUT2D eigenvalue weighted by atomic mass is 10.0. The Bertz CT molecular complexity index is 1080. The molecule has 4 rings (SSSR count). The molecule has 29 heavy (non-hydrogen) atoms. The number of nitrogens with zero attached hydrogens (tertiary/aromatic N) is 2. The van der Waals surface area contributed by atoms with Crippen molar-refractivity contribution >= 4 is 48.1 Å². The van der Waals surface area contributed by atoms with Crippen LogP contribution in [0, 0.1) is 5.92 Å². The molecule has 1 amide bonds. The highest BCUT2D eigenvalue weighted by Crippen LogP contribution is 2.35. The van der Waals surface area contributed by atoms with Crippen molar-refractivity contribution in [2.75, 3.05) is 11.2 Å². The Labute approximate surface area is 175 Å². The van der Waals surface area contributed by atoms with E-state index in [9.17, 15) is 13.2 Å². The largest absolute Gasteiger partial charge is 0.274 e. The monoisotopic (exact) mass is 428 g/mol. The number of thiazole rings is 1. The van der Waals surface area contributed by atoms with Gasteiger partial charge in [-0.2, -0.15) is 0 Å². The Morgan fingerprint density at radius 3 is 2.45 bits per heavy atom. The fourth-order valence-corrected chi connectivity index (χ4v) is 5.53. The molecule has 1 saturated carbocycles. The van der Waals surface area contributed by atoms with E-state index >= 15 is 0 Å². The lowest BCUT2D eigenvalue weighted by Crippen LogP contribution is -2.26. The quantitative estimate of drug-likeness (QED) is 0.532. The fourth-order valence-electron chi connectivity index (χ4n) is 3.90. The van der Waals surface area contributed by atoms with Crippen LogP contribution in [0.2, 0.25) is 0 Å². The first-order chi connectivity index (χ1) is 13.9. The first kappa shape index (κ1) is 20.0. The third kappa shape index (κ3) is 4.51. The molecule has 0 aliphatic heterocycles. The summed E-state index contributed by atoms with van der Waals surface area (Å²) >= 11 is 1.47. The second-order valence-corrected chi connectivity index (χ2v) is 10.7. The Balaban J connectivity index is 1.66. The molecule has 0 unspecified atom stereocenters. The number of carbonyl (C=O) groups excluding carboxylic acids is 1. The standard InChI is InChI=1S/C22H24N2O3S2/c1-29(26,27)18-13-11-17(12-14-18)24(21(25)15-10-16-6-2-3-7-16)22-23-19-8-4-5-9-20(19)28-22/h4-5,8-9,11-14,16H,2-3,6-7,10,15H2,1H3. The van der Waals surface area contributed by atoms with Crippen molar-refractivity contribution in [2.24, 2.45) is 5.92 Å². The molecule has 1 fully saturated rings. The van der Waals surface area contributed by atoms with E-state index in [0.29, 0.717) is 23.2 Å². The van der Waals surface area contributed by atoms with Crippen LogP contribution in [0.25, 0.3) is 10.2 Å². The molecular formula is C22H24N2O3S2. The summed E-state index contributed by atoms with van der Waals surface area (Å²) in [7, 11) is -3.29. The number of rotatable bonds is 6. The second-order valence-electron chi connectivity index (χ2n) is 7.65. The molecule has 1 aromatic heterocycles. The zero-order valence-electron chi connectivity index (χ0n) is 16.4. The van der Waals surface area contributed by atoms with Crippen LogP contribution in [0.5, 0.6) is 0 Å². The van der Waals surface area contributed by atoms with Crippen molar-refractivity contribution in [2.45, 2.75) is 43.4 Å². The van der Waals surface area contributed by atoms with Gasteiger partial charge in [0.2, 0.25) is 5.91 Å². The van der Waals surface area contributed by atoms with Gasteiger partial charge in [-0.3, -0.25) is 9.69 Å². The highest BCUT2D eigenvalue weighted by atomic mass is 32.2. The maximum atomic E-state index is 13.2. The lowest BCUT2D eigenvalue weighted by molar-refractivity contribution is -0.118. The molecule has 0 bridgehead atoms. The van der Waals surface area contributed by atoms with Gasteiger partial charge < -0.3 is 0 Å². The van der Waals surface area contributed by atoms with Crippen molar-refractivity contribution in [1.29, 1.82) is 0 Å². The predicted molar refractivity (Wildman–Crippen MR) is 118 cm³/mol. The van der Waals surface area contributed by atoms with E-state index in [0.717, 1.165) is 16.6 Å². The minimum atomic E-state index is -3.29. The molecule has 5 nitrogen and oxygen atoms in total. The average molecular weight is 429 g/mol. The van der Waals surface area contributed by atoms with Crippen LogP contribution in [-0.4, -0.2) is 25.6 Å². The Hall–Kier alpha value is -2.25. The zero-order valence-corrected chi connectivity index (χ0v) is 18.0. The van der Waals surface area contributed by atoms with E-state index in [2.05, 4.69) is 4.98 Å². The Morgan fingerprint density at radius 2 is 1.79 bits per heavy atom. The molecule has 152 valence electrons. The van der Waals surface area contributed by atoms with E-state index < -0.39 is 9.84 Å². The van der Waals surface area contributed by atoms with Gasteiger partial charge >= 0.3 is 0 Å². The van der Waals surface area contributed by atoms with E-state index in [-0.39, 0.29) is 10.8 Å². The molecule has 1 aliphatic rings. The molecule has 3 aromatic rings. The minimum absolute atomic E-state index is 0.00283. The van der Waals surface area contributed by atoms with Crippen LogP contribution in [0.4, 0.5) is 10.8 Å². The highest BCUT2D eigenvalue weighted by molar-refractivity contribution is 7.90. The summed E-state index contributed by atoms with van der Waals surface area (Å²) in [6.45, 7) is 0. The lowest BCUT2D eigenvalue weighted by Gasteiger charge is -2.21. The van der Waals surface area contributed by atoms with Crippen LogP contribution in [0.3, 0.4) is 0 Å². The molecule has 2 aromatic carbocycles. The number of hydrogen-bond acceptors (Lipinski definition) is 5. The van der Waals surface area contributed by atoms with Crippen molar-refractivity contribution < 1.29 is 13.2 Å². The van der Waals surface area contributed by atoms with Gasteiger partial charge in [0, 0.05) is 12.7 Å². The second kappa shape index (κ2) is 8.24. The average Bonchev–Trinajstić information content (AvgIpc) is 3.36. The van der Waals surface area contributed by atoms with Gasteiger partial charge in [-0.1, -0.05) is 49.2 Å². The molecular weight excluding hydrogens is 404 g/mol. The molecule has 1 aliphatic carbocycles. The maximum absolute atomic E-state index is 13.2. The van der Waals surface area contributed by atoms with Crippen LogP contribution in [-0.2, 0) is 14.6 Å². The summed E-state index contributed by atoms with van der Waals surface area (Å²) in [4.78, 5) is 19.8. The number of para-hydroxylation sites is 1. The zero-order chi connectivity index (χ0) is 20.4. The van der Waals surface area contributed by atoms with Gasteiger partial charge in [-0.15, -0.1) is 0 Å². The number of sulfone groups is 1.